The summed E-state index contributed by atoms with van der Waals surface area (Å²) in [7, 11) is 7.44. The summed E-state index contributed by atoms with van der Waals surface area (Å²) < 4.78 is 21.6. The molecule has 6 atom stereocenters. The van der Waals surface area contributed by atoms with Gasteiger partial charge in [0.15, 0.2) is 0 Å². The Balaban J connectivity index is 2.53. The molecule has 0 aromatic carbocycles. The molecule has 0 aromatic heterocycles. The molecule has 1 aliphatic rings. The molecule has 1 N–H and O–H groups in total. The number of methoxy groups -OCH3 is 1. The van der Waals surface area contributed by atoms with E-state index in [9.17, 15) is 5.11 Å². The van der Waals surface area contributed by atoms with Crippen molar-refractivity contribution in [3.8, 4) is 0 Å². The van der Waals surface area contributed by atoms with Gasteiger partial charge in [0.25, 0.3) is 0 Å². The summed E-state index contributed by atoms with van der Waals surface area (Å²) in [6.45, 7) is 9.32. The van der Waals surface area contributed by atoms with Gasteiger partial charge >= 0.3 is 0 Å². The number of hydrogen-bond donors (Lipinski definition) is 1. The minimum Gasteiger partial charge on any atom is -0.496 e. The summed E-state index contributed by atoms with van der Waals surface area (Å²) in [6.07, 6.45) is -2.22. The lowest BCUT2D eigenvalue weighted by atomic mass is 9.92. The quantitative estimate of drug-likeness (QED) is 0.542. The molecule has 1 rings (SSSR count). The maximum absolute atomic E-state index is 10.2. The lowest BCUT2D eigenvalue weighted by molar-refractivity contribution is -0.105. The third-order valence-corrected chi connectivity index (χ3v) is 3.27. The summed E-state index contributed by atoms with van der Waals surface area (Å²) in [4.78, 5) is 0. The summed E-state index contributed by atoms with van der Waals surface area (Å²) in [5.74, 6) is 0.565. The molecule has 6 heteroatoms. The van der Waals surface area contributed by atoms with Gasteiger partial charge in [-0.05, 0) is 20.8 Å². The van der Waals surface area contributed by atoms with Gasteiger partial charge in [0, 0.05) is 13.1 Å². The van der Waals surface area contributed by atoms with Gasteiger partial charge in [-0.1, -0.05) is 6.58 Å². The minimum absolute atomic E-state index is 0.0925. The maximum Gasteiger partial charge on any atom is 0.119 e. The predicted octanol–water partition coefficient (Wildman–Crippen LogP) is 0.599. The molecule has 0 amide bonds. The number of allylic oxidation sites excluding steroid dienone is 1. The van der Waals surface area contributed by atoms with Crippen LogP contribution in [0.5, 0.6) is 0 Å². The van der Waals surface area contributed by atoms with E-state index in [4.69, 9.17) is 26.8 Å². The van der Waals surface area contributed by atoms with Gasteiger partial charge < -0.3 is 24.1 Å². The zero-order chi connectivity index (χ0) is 14.6. The molecule has 6 unspecified atom stereocenters. The Morgan fingerprint density at radius 1 is 1.42 bits per heavy atom. The molecule has 1 fully saturated rings. The average molecular weight is 270 g/mol. The fraction of sp³-hybridized carbons (Fsp3) is 0.846. The third kappa shape index (κ3) is 4.49. The van der Waals surface area contributed by atoms with E-state index in [0.717, 1.165) is 0 Å². The van der Waals surface area contributed by atoms with Gasteiger partial charge in [0.1, 0.15) is 32.8 Å². The van der Waals surface area contributed by atoms with Crippen LogP contribution in [0.2, 0.25) is 0 Å². The second kappa shape index (κ2) is 7.29. The molecule has 5 nitrogen and oxygen atoms in total. The highest BCUT2D eigenvalue weighted by molar-refractivity contribution is 6.11. The SMILES string of the molecule is [B]C1OC(COC(=C)C)C(O)C1OC(C)C(C)OC. The van der Waals surface area contributed by atoms with Crippen molar-refractivity contribution in [2.45, 2.75) is 57.3 Å². The van der Waals surface area contributed by atoms with E-state index in [2.05, 4.69) is 6.58 Å². The van der Waals surface area contributed by atoms with Crippen LogP contribution in [0.25, 0.3) is 0 Å². The first-order valence-corrected chi connectivity index (χ1v) is 6.42. The summed E-state index contributed by atoms with van der Waals surface area (Å²) in [5.41, 5.74) is 0. The smallest absolute Gasteiger partial charge is 0.119 e. The zero-order valence-corrected chi connectivity index (χ0v) is 12.0. The topological polar surface area (TPSA) is 57.2 Å². The Labute approximate surface area is 116 Å². The number of aliphatic hydroxyl groups excluding tert-OH is 1. The molecule has 0 aromatic rings. The molecule has 1 aliphatic heterocycles. The van der Waals surface area contributed by atoms with Gasteiger partial charge in [0.2, 0.25) is 0 Å². The molecule has 0 saturated carbocycles. The largest absolute Gasteiger partial charge is 0.496 e. The van der Waals surface area contributed by atoms with Crippen molar-refractivity contribution in [2.24, 2.45) is 0 Å². The van der Waals surface area contributed by atoms with E-state index in [-0.39, 0.29) is 18.8 Å². The van der Waals surface area contributed by atoms with Crippen molar-refractivity contribution in [1.82, 2.24) is 0 Å². The van der Waals surface area contributed by atoms with Crippen LogP contribution in [0.3, 0.4) is 0 Å². The molecule has 0 spiro atoms. The summed E-state index contributed by atoms with van der Waals surface area (Å²) in [6, 6.07) is -0.680. The molecular formula is C13H23BO5. The fourth-order valence-electron chi connectivity index (χ4n) is 1.84. The van der Waals surface area contributed by atoms with Crippen LogP contribution in [0.4, 0.5) is 0 Å². The van der Waals surface area contributed by atoms with Gasteiger partial charge in [-0.3, -0.25) is 0 Å². The Morgan fingerprint density at radius 2 is 2.05 bits per heavy atom. The van der Waals surface area contributed by atoms with Crippen molar-refractivity contribution >= 4 is 7.85 Å². The molecule has 0 aliphatic carbocycles. The summed E-state index contributed by atoms with van der Waals surface area (Å²) in [5, 5.41) is 10.2. The highest BCUT2D eigenvalue weighted by Crippen LogP contribution is 2.25. The Bertz CT molecular complexity index is 299. The lowest BCUT2D eigenvalue weighted by Crippen LogP contribution is -2.41. The van der Waals surface area contributed by atoms with Crippen molar-refractivity contribution in [3.63, 3.8) is 0 Å². The monoisotopic (exact) mass is 270 g/mol. The highest BCUT2D eigenvalue weighted by atomic mass is 16.6. The van der Waals surface area contributed by atoms with Crippen molar-refractivity contribution < 1.29 is 24.1 Å². The van der Waals surface area contributed by atoms with Crippen LogP contribution >= 0.6 is 0 Å². The Hall–Kier alpha value is -0.555. The fourth-order valence-corrected chi connectivity index (χ4v) is 1.84. The van der Waals surface area contributed by atoms with Gasteiger partial charge in [0.05, 0.1) is 18.0 Å². The van der Waals surface area contributed by atoms with E-state index in [1.54, 1.807) is 14.0 Å². The zero-order valence-electron chi connectivity index (χ0n) is 12.0. The molecule has 1 saturated heterocycles. The van der Waals surface area contributed by atoms with Gasteiger partial charge in [-0.2, -0.15) is 0 Å². The molecular weight excluding hydrogens is 247 g/mol. The van der Waals surface area contributed by atoms with E-state index >= 15 is 0 Å². The maximum atomic E-state index is 10.2. The Morgan fingerprint density at radius 3 is 2.58 bits per heavy atom. The van der Waals surface area contributed by atoms with Crippen LogP contribution in [0.1, 0.15) is 20.8 Å². The van der Waals surface area contributed by atoms with E-state index in [1.807, 2.05) is 13.8 Å². The second-order valence-corrected chi connectivity index (χ2v) is 4.89. The van der Waals surface area contributed by atoms with E-state index < -0.39 is 24.3 Å². The molecule has 2 radical (unpaired) electrons. The van der Waals surface area contributed by atoms with Crippen LogP contribution < -0.4 is 0 Å². The second-order valence-electron chi connectivity index (χ2n) is 4.89. The first-order chi connectivity index (χ1) is 8.86. The van der Waals surface area contributed by atoms with Crippen molar-refractivity contribution in [1.29, 1.82) is 0 Å². The van der Waals surface area contributed by atoms with E-state index in [0.29, 0.717) is 5.76 Å². The number of rotatable bonds is 7. The number of hydrogen-bond acceptors (Lipinski definition) is 5. The van der Waals surface area contributed by atoms with Crippen LogP contribution in [-0.4, -0.2) is 63.2 Å². The van der Waals surface area contributed by atoms with Crippen LogP contribution in [0.15, 0.2) is 12.3 Å². The molecule has 108 valence electrons. The van der Waals surface area contributed by atoms with Crippen molar-refractivity contribution in [2.75, 3.05) is 13.7 Å². The normalized spacial score (nSPS) is 33.9. The van der Waals surface area contributed by atoms with Gasteiger partial charge in [-0.15, -0.1) is 0 Å². The highest BCUT2D eigenvalue weighted by Gasteiger charge is 2.43. The summed E-state index contributed by atoms with van der Waals surface area (Å²) >= 11 is 0. The minimum atomic E-state index is -0.833. The average Bonchev–Trinajstić information content (AvgIpc) is 2.62. The molecule has 0 bridgehead atoms. The van der Waals surface area contributed by atoms with Crippen LogP contribution in [-0.2, 0) is 18.9 Å². The number of ether oxygens (including phenoxy) is 4. The van der Waals surface area contributed by atoms with Gasteiger partial charge in [-0.25, -0.2) is 0 Å². The molecule has 19 heavy (non-hydrogen) atoms. The lowest BCUT2D eigenvalue weighted by Gasteiger charge is -2.26. The van der Waals surface area contributed by atoms with Crippen molar-refractivity contribution in [3.05, 3.63) is 12.3 Å². The number of aliphatic hydroxyl groups is 1. The van der Waals surface area contributed by atoms with Crippen LogP contribution in [0, 0.1) is 0 Å². The first-order valence-electron chi connectivity index (χ1n) is 6.42. The predicted molar refractivity (Wildman–Crippen MR) is 72.0 cm³/mol. The third-order valence-electron chi connectivity index (χ3n) is 3.27. The molecule has 1 heterocycles. The first kappa shape index (κ1) is 16.5. The standard InChI is InChI=1S/C13H23BO5/c1-7(2)17-6-10-11(15)12(13(14)19-10)18-9(4)8(3)16-5/h8-13,15H,1,6H2,2-5H3. The van der Waals surface area contributed by atoms with E-state index in [1.165, 1.54) is 0 Å². The Kier molecular flexibility index (Phi) is 6.33.